The minimum atomic E-state index is -0.424. The third-order valence-electron chi connectivity index (χ3n) is 2.97. The van der Waals surface area contributed by atoms with Gasteiger partial charge in [0.25, 0.3) is 5.91 Å². The maximum atomic E-state index is 11.9. The Labute approximate surface area is 135 Å². The van der Waals surface area contributed by atoms with Crippen molar-refractivity contribution in [3.05, 3.63) is 40.1 Å². The first-order chi connectivity index (χ1) is 10.5. The van der Waals surface area contributed by atoms with Gasteiger partial charge in [0.05, 0.1) is 10.7 Å². The molecule has 1 amide bonds. The molecule has 0 bridgehead atoms. The molecule has 0 aliphatic heterocycles. The number of halogens is 1. The molecule has 1 rings (SSSR count). The molecule has 5 nitrogen and oxygen atoms in total. The molecule has 0 aromatic heterocycles. The van der Waals surface area contributed by atoms with E-state index in [1.54, 1.807) is 7.11 Å². The van der Waals surface area contributed by atoms with Crippen LogP contribution in [0.1, 0.15) is 17.5 Å². The van der Waals surface area contributed by atoms with Crippen molar-refractivity contribution in [1.29, 1.82) is 5.26 Å². The summed E-state index contributed by atoms with van der Waals surface area (Å²) in [5.74, 6) is -0.424. The van der Waals surface area contributed by atoms with E-state index in [4.69, 9.17) is 21.6 Å². The molecule has 1 aromatic carbocycles. The number of amides is 1. The molecular weight excluding hydrogens is 302 g/mol. The van der Waals surface area contributed by atoms with E-state index in [0.29, 0.717) is 30.3 Å². The highest BCUT2D eigenvalue weighted by Crippen LogP contribution is 2.27. The van der Waals surface area contributed by atoms with Gasteiger partial charge in [-0.15, -0.1) is 0 Å². The molecule has 22 heavy (non-hydrogen) atoms. The van der Waals surface area contributed by atoms with Crippen molar-refractivity contribution in [3.8, 4) is 6.07 Å². The molecule has 0 radical (unpaired) electrons. The predicted octanol–water partition coefficient (Wildman–Crippen LogP) is 2.93. The van der Waals surface area contributed by atoms with Crippen molar-refractivity contribution >= 4 is 23.2 Å². The quantitative estimate of drug-likeness (QED) is 0.460. The van der Waals surface area contributed by atoms with E-state index in [1.165, 1.54) is 6.20 Å². The second-order valence-corrected chi connectivity index (χ2v) is 5.26. The highest BCUT2D eigenvalue weighted by atomic mass is 35.5. The average Bonchev–Trinajstić information content (AvgIpc) is 2.46. The zero-order valence-electron chi connectivity index (χ0n) is 13.0. The summed E-state index contributed by atoms with van der Waals surface area (Å²) in [4.78, 5) is 11.9. The van der Waals surface area contributed by atoms with Gasteiger partial charge in [-0.05, 0) is 37.5 Å². The number of hydrogen-bond donors (Lipinski definition) is 2. The van der Waals surface area contributed by atoms with Gasteiger partial charge >= 0.3 is 0 Å². The van der Waals surface area contributed by atoms with Gasteiger partial charge in [0, 0.05) is 26.5 Å². The van der Waals surface area contributed by atoms with Crippen molar-refractivity contribution < 1.29 is 9.53 Å². The summed E-state index contributed by atoms with van der Waals surface area (Å²) in [5.41, 5.74) is 2.67. The summed E-state index contributed by atoms with van der Waals surface area (Å²) in [7, 11) is 1.60. The van der Waals surface area contributed by atoms with E-state index in [1.807, 2.05) is 32.0 Å². The van der Waals surface area contributed by atoms with Crippen LogP contribution in [0.15, 0.2) is 23.9 Å². The van der Waals surface area contributed by atoms with Crippen LogP contribution in [0, 0.1) is 25.2 Å². The van der Waals surface area contributed by atoms with E-state index >= 15 is 0 Å². The number of carbonyl (C=O) groups excluding carboxylic acids is 1. The molecule has 0 fully saturated rings. The third kappa shape index (κ3) is 5.40. The van der Waals surface area contributed by atoms with Gasteiger partial charge in [-0.3, -0.25) is 4.79 Å². The first-order valence-electron chi connectivity index (χ1n) is 6.90. The Balaban J connectivity index is 2.74. The van der Waals surface area contributed by atoms with Crippen molar-refractivity contribution in [2.24, 2.45) is 0 Å². The number of rotatable bonds is 7. The van der Waals surface area contributed by atoms with Crippen molar-refractivity contribution in [3.63, 3.8) is 0 Å². The number of anilines is 1. The van der Waals surface area contributed by atoms with E-state index in [2.05, 4.69) is 10.6 Å². The molecule has 0 aliphatic carbocycles. The number of benzene rings is 1. The fourth-order valence-electron chi connectivity index (χ4n) is 1.91. The number of hydrogen-bond acceptors (Lipinski definition) is 4. The van der Waals surface area contributed by atoms with Crippen LogP contribution in [0.3, 0.4) is 0 Å². The SMILES string of the molecule is COCCCNC(=O)/C(C#N)=C\Nc1c(C)cc(C)cc1Cl. The number of nitrogens with zero attached hydrogens (tertiary/aromatic N) is 1. The number of carbonyl (C=O) groups is 1. The maximum Gasteiger partial charge on any atom is 0.263 e. The van der Waals surface area contributed by atoms with Crippen LogP contribution in [-0.2, 0) is 9.53 Å². The topological polar surface area (TPSA) is 74.1 Å². The Bertz CT molecular complexity index is 583. The molecule has 0 atom stereocenters. The lowest BCUT2D eigenvalue weighted by Gasteiger charge is -2.10. The number of ether oxygens (including phenoxy) is 1. The Morgan fingerprint density at radius 1 is 1.45 bits per heavy atom. The van der Waals surface area contributed by atoms with Crippen molar-refractivity contribution in [2.45, 2.75) is 20.3 Å². The monoisotopic (exact) mass is 321 g/mol. The summed E-state index contributed by atoms with van der Waals surface area (Å²) in [6, 6.07) is 5.67. The molecule has 0 saturated carbocycles. The number of methoxy groups -OCH3 is 1. The molecule has 2 N–H and O–H groups in total. The molecule has 1 aromatic rings. The van der Waals surface area contributed by atoms with Gasteiger partial charge in [-0.25, -0.2) is 0 Å². The zero-order chi connectivity index (χ0) is 16.5. The molecular formula is C16H20ClN3O2. The number of nitrogens with one attached hydrogen (secondary N) is 2. The van der Waals surface area contributed by atoms with Crippen molar-refractivity contribution in [1.82, 2.24) is 5.32 Å². The van der Waals surface area contributed by atoms with Gasteiger partial charge < -0.3 is 15.4 Å². The minimum absolute atomic E-state index is 0.00606. The highest BCUT2D eigenvalue weighted by molar-refractivity contribution is 6.33. The van der Waals surface area contributed by atoms with Crippen LogP contribution in [0.25, 0.3) is 0 Å². The maximum absolute atomic E-state index is 11.9. The lowest BCUT2D eigenvalue weighted by atomic mass is 10.1. The second-order valence-electron chi connectivity index (χ2n) is 4.86. The largest absolute Gasteiger partial charge is 0.385 e. The third-order valence-corrected chi connectivity index (χ3v) is 3.27. The Morgan fingerprint density at radius 2 is 2.18 bits per heavy atom. The van der Waals surface area contributed by atoms with Crippen LogP contribution < -0.4 is 10.6 Å². The number of aryl methyl sites for hydroxylation is 2. The van der Waals surface area contributed by atoms with Crippen LogP contribution in [0.4, 0.5) is 5.69 Å². The van der Waals surface area contributed by atoms with E-state index in [-0.39, 0.29) is 5.57 Å². The summed E-state index contributed by atoms with van der Waals surface area (Å²) in [6.45, 7) is 4.87. The van der Waals surface area contributed by atoms with Gasteiger partial charge in [0.2, 0.25) is 0 Å². The summed E-state index contributed by atoms with van der Waals surface area (Å²) in [6.07, 6.45) is 2.06. The Hall–Kier alpha value is -2.03. The van der Waals surface area contributed by atoms with Crippen molar-refractivity contribution in [2.75, 3.05) is 25.6 Å². The van der Waals surface area contributed by atoms with Crippen LogP contribution in [0.2, 0.25) is 5.02 Å². The smallest absolute Gasteiger partial charge is 0.263 e. The minimum Gasteiger partial charge on any atom is -0.385 e. The summed E-state index contributed by atoms with van der Waals surface area (Å²) in [5, 5.41) is 15.2. The van der Waals surface area contributed by atoms with Gasteiger partial charge in [0.15, 0.2) is 0 Å². The molecule has 118 valence electrons. The van der Waals surface area contributed by atoms with Gasteiger partial charge in [-0.1, -0.05) is 17.7 Å². The fourth-order valence-corrected chi connectivity index (χ4v) is 2.28. The number of nitriles is 1. The van der Waals surface area contributed by atoms with Crippen LogP contribution >= 0.6 is 11.6 Å². The van der Waals surface area contributed by atoms with Gasteiger partial charge in [-0.2, -0.15) is 5.26 Å². The molecule has 6 heteroatoms. The zero-order valence-corrected chi connectivity index (χ0v) is 13.8. The molecule has 0 heterocycles. The normalized spacial score (nSPS) is 11.0. The molecule has 0 aliphatic rings. The molecule has 0 unspecified atom stereocenters. The highest BCUT2D eigenvalue weighted by Gasteiger charge is 2.09. The Kier molecular flexibility index (Phi) is 7.44. The standard InChI is InChI=1S/C16H20ClN3O2/c1-11-7-12(2)15(14(17)8-11)20-10-13(9-18)16(21)19-5-4-6-22-3/h7-8,10,20H,4-6H2,1-3H3,(H,19,21)/b13-10-. The Morgan fingerprint density at radius 3 is 2.77 bits per heavy atom. The predicted molar refractivity (Wildman–Crippen MR) is 87.7 cm³/mol. The second kappa shape index (κ2) is 9.08. The van der Waals surface area contributed by atoms with Gasteiger partial charge in [0.1, 0.15) is 11.6 Å². The van der Waals surface area contributed by atoms with E-state index in [0.717, 1.165) is 11.1 Å². The molecule has 0 spiro atoms. The molecule has 0 saturated heterocycles. The first-order valence-corrected chi connectivity index (χ1v) is 7.28. The fraction of sp³-hybridized carbons (Fsp3) is 0.375. The summed E-state index contributed by atoms with van der Waals surface area (Å²) < 4.78 is 4.89. The lowest BCUT2D eigenvalue weighted by molar-refractivity contribution is -0.117. The van der Waals surface area contributed by atoms with E-state index < -0.39 is 5.91 Å². The van der Waals surface area contributed by atoms with Crippen LogP contribution in [0.5, 0.6) is 0 Å². The first kappa shape index (κ1) is 18.0. The average molecular weight is 322 g/mol. The summed E-state index contributed by atoms with van der Waals surface area (Å²) >= 11 is 6.17. The lowest BCUT2D eigenvalue weighted by Crippen LogP contribution is -2.26. The van der Waals surface area contributed by atoms with Crippen LogP contribution in [-0.4, -0.2) is 26.2 Å². The van der Waals surface area contributed by atoms with E-state index in [9.17, 15) is 4.79 Å².